The van der Waals surface area contributed by atoms with E-state index in [1.807, 2.05) is 32.0 Å². The van der Waals surface area contributed by atoms with Crippen molar-refractivity contribution in [2.24, 2.45) is 0 Å². The zero-order chi connectivity index (χ0) is 30.3. The fraction of sp³-hybridized carbons (Fsp3) is 0.387. The number of Topliss-reactive ketones (excluding diaryl/α,β-unsaturated/α-hetero) is 1. The Morgan fingerprint density at radius 1 is 1.05 bits per heavy atom. The molecule has 0 aliphatic heterocycles. The highest BCUT2D eigenvalue weighted by Crippen LogP contribution is 2.30. The zero-order valence-electron chi connectivity index (χ0n) is 23.9. The lowest BCUT2D eigenvalue weighted by Crippen LogP contribution is -2.30. The van der Waals surface area contributed by atoms with Crippen LogP contribution in [0.3, 0.4) is 0 Å². The largest absolute Gasteiger partial charge is 0.573 e. The third-order valence-corrected chi connectivity index (χ3v) is 7.15. The first-order valence-corrected chi connectivity index (χ1v) is 13.9. The number of carbonyl (C=O) groups is 2. The van der Waals surface area contributed by atoms with Gasteiger partial charge in [-0.15, -0.1) is 13.2 Å². The second kappa shape index (κ2) is 13.6. The van der Waals surface area contributed by atoms with Crippen LogP contribution < -0.4 is 14.8 Å². The van der Waals surface area contributed by atoms with Crippen LogP contribution in [-0.4, -0.2) is 40.1 Å². The standard InChI is InChI=1S/C31H35F3N4O4/c1-4-21(39)10-6-5-7-12-27(30-35-18-28(38-30)20-9-8-11-23(15-20)42-31(32,33)34)37-29(40)17-24-19(2)36-26-14-13-22(41-3)16-25(24)26/h8-9,11,13-16,18,27,36H,4-7,10,12,17H2,1-3H3,(H,35,38)(H,37,40)/t27-/m0/s1. The molecule has 0 saturated heterocycles. The Hall–Kier alpha value is -4.28. The van der Waals surface area contributed by atoms with Crippen molar-refractivity contribution in [2.45, 2.75) is 71.2 Å². The lowest BCUT2D eigenvalue weighted by Gasteiger charge is -2.17. The van der Waals surface area contributed by atoms with Crippen LogP contribution in [0.15, 0.2) is 48.7 Å². The van der Waals surface area contributed by atoms with E-state index in [1.165, 1.54) is 24.4 Å². The molecule has 2 aromatic carbocycles. The van der Waals surface area contributed by atoms with Gasteiger partial charge in [-0.25, -0.2) is 4.98 Å². The van der Waals surface area contributed by atoms with Gasteiger partial charge in [0.1, 0.15) is 23.1 Å². The van der Waals surface area contributed by atoms with Crippen LogP contribution in [0.2, 0.25) is 0 Å². The molecule has 1 atom stereocenters. The van der Waals surface area contributed by atoms with Gasteiger partial charge < -0.3 is 24.8 Å². The van der Waals surface area contributed by atoms with Gasteiger partial charge in [0.25, 0.3) is 0 Å². The second-order valence-corrected chi connectivity index (χ2v) is 10.2. The van der Waals surface area contributed by atoms with E-state index in [9.17, 15) is 22.8 Å². The number of halogens is 3. The first-order valence-electron chi connectivity index (χ1n) is 13.9. The summed E-state index contributed by atoms with van der Waals surface area (Å²) in [5, 5.41) is 4.00. The number of amides is 1. The molecule has 0 aliphatic carbocycles. The molecule has 0 bridgehead atoms. The molecule has 2 heterocycles. The van der Waals surface area contributed by atoms with Crippen LogP contribution in [0, 0.1) is 6.92 Å². The predicted molar refractivity (Wildman–Crippen MR) is 153 cm³/mol. The van der Waals surface area contributed by atoms with Gasteiger partial charge in [0.2, 0.25) is 5.91 Å². The Bertz CT molecular complexity index is 1530. The summed E-state index contributed by atoms with van der Waals surface area (Å²) >= 11 is 0. The van der Waals surface area contributed by atoms with Crippen molar-refractivity contribution >= 4 is 22.6 Å². The molecule has 3 N–H and O–H groups in total. The van der Waals surface area contributed by atoms with Crippen LogP contribution in [-0.2, 0) is 16.0 Å². The monoisotopic (exact) mass is 584 g/mol. The number of alkyl halides is 3. The maximum Gasteiger partial charge on any atom is 0.573 e. The van der Waals surface area contributed by atoms with Crippen LogP contribution in [0.5, 0.6) is 11.5 Å². The third-order valence-electron chi connectivity index (χ3n) is 7.15. The molecule has 0 saturated carbocycles. The Morgan fingerprint density at radius 3 is 2.60 bits per heavy atom. The van der Waals surface area contributed by atoms with Crippen molar-refractivity contribution in [3.8, 4) is 22.8 Å². The van der Waals surface area contributed by atoms with E-state index in [0.29, 0.717) is 42.1 Å². The smallest absolute Gasteiger partial charge is 0.497 e. The number of ketones is 1. The summed E-state index contributed by atoms with van der Waals surface area (Å²) in [5.74, 6) is 0.857. The number of methoxy groups -OCH3 is 1. The molecule has 0 aliphatic rings. The molecule has 1 amide bonds. The average Bonchev–Trinajstić information content (AvgIpc) is 3.56. The summed E-state index contributed by atoms with van der Waals surface area (Å²) in [6, 6.07) is 10.8. The van der Waals surface area contributed by atoms with Gasteiger partial charge in [0.05, 0.1) is 31.5 Å². The zero-order valence-corrected chi connectivity index (χ0v) is 23.9. The van der Waals surface area contributed by atoms with E-state index < -0.39 is 12.4 Å². The number of ether oxygens (including phenoxy) is 2. The summed E-state index contributed by atoms with van der Waals surface area (Å²) in [5.41, 5.74) is 3.60. The van der Waals surface area contributed by atoms with Gasteiger partial charge in [0.15, 0.2) is 0 Å². The van der Waals surface area contributed by atoms with Crippen molar-refractivity contribution in [3.05, 3.63) is 65.7 Å². The number of nitrogens with one attached hydrogen (secondary N) is 3. The Kier molecular flexibility index (Phi) is 9.92. The Balaban J connectivity index is 1.52. The molecule has 0 unspecified atom stereocenters. The number of hydrogen-bond acceptors (Lipinski definition) is 5. The van der Waals surface area contributed by atoms with Crippen LogP contribution in [0.25, 0.3) is 22.2 Å². The van der Waals surface area contributed by atoms with Crippen molar-refractivity contribution < 1.29 is 32.2 Å². The average molecular weight is 585 g/mol. The van der Waals surface area contributed by atoms with E-state index >= 15 is 0 Å². The van der Waals surface area contributed by atoms with Crippen molar-refractivity contribution in [1.82, 2.24) is 20.3 Å². The number of nitrogens with zero attached hydrogens (tertiary/aromatic N) is 1. The first-order chi connectivity index (χ1) is 20.1. The fourth-order valence-corrected chi connectivity index (χ4v) is 4.94. The van der Waals surface area contributed by atoms with Crippen molar-refractivity contribution in [2.75, 3.05) is 7.11 Å². The molecule has 8 nitrogen and oxygen atoms in total. The summed E-state index contributed by atoms with van der Waals surface area (Å²) in [6.07, 6.45) is 0.779. The number of imidazole rings is 1. The predicted octanol–water partition coefficient (Wildman–Crippen LogP) is 7.10. The number of rotatable bonds is 14. The number of aromatic nitrogens is 3. The molecule has 11 heteroatoms. The highest BCUT2D eigenvalue weighted by atomic mass is 19.4. The van der Waals surface area contributed by atoms with Crippen LogP contribution in [0.1, 0.15) is 68.6 Å². The maximum absolute atomic E-state index is 13.4. The van der Waals surface area contributed by atoms with E-state index in [-0.39, 0.29) is 23.9 Å². The number of aryl methyl sites for hydroxylation is 1. The molecular weight excluding hydrogens is 549 g/mol. The summed E-state index contributed by atoms with van der Waals surface area (Å²) in [7, 11) is 1.59. The van der Waals surface area contributed by atoms with Gasteiger partial charge in [-0.05, 0) is 55.7 Å². The maximum atomic E-state index is 13.4. The molecule has 0 fully saturated rings. The van der Waals surface area contributed by atoms with E-state index in [1.54, 1.807) is 13.2 Å². The highest BCUT2D eigenvalue weighted by molar-refractivity contribution is 5.91. The number of unbranched alkanes of at least 4 members (excludes halogenated alkanes) is 2. The molecule has 0 spiro atoms. The minimum atomic E-state index is -4.80. The lowest BCUT2D eigenvalue weighted by atomic mass is 10.0. The Labute approximate surface area is 242 Å². The van der Waals surface area contributed by atoms with Gasteiger partial charge in [-0.1, -0.05) is 31.9 Å². The minimum Gasteiger partial charge on any atom is -0.497 e. The summed E-state index contributed by atoms with van der Waals surface area (Å²) in [6.45, 7) is 3.76. The number of hydrogen-bond donors (Lipinski definition) is 3. The van der Waals surface area contributed by atoms with Gasteiger partial charge >= 0.3 is 6.36 Å². The van der Waals surface area contributed by atoms with Gasteiger partial charge in [-0.3, -0.25) is 9.59 Å². The van der Waals surface area contributed by atoms with Gasteiger partial charge in [-0.2, -0.15) is 0 Å². The third kappa shape index (κ3) is 8.14. The van der Waals surface area contributed by atoms with Crippen molar-refractivity contribution in [1.29, 1.82) is 0 Å². The van der Waals surface area contributed by atoms with E-state index in [4.69, 9.17) is 4.74 Å². The number of aromatic amines is 2. The number of benzene rings is 2. The topological polar surface area (TPSA) is 109 Å². The molecule has 224 valence electrons. The molecule has 2 aromatic heterocycles. The minimum absolute atomic E-state index is 0.130. The number of carbonyl (C=O) groups excluding carboxylic acids is 2. The lowest BCUT2D eigenvalue weighted by molar-refractivity contribution is -0.274. The second-order valence-electron chi connectivity index (χ2n) is 10.2. The highest BCUT2D eigenvalue weighted by Gasteiger charge is 2.31. The Morgan fingerprint density at radius 2 is 1.86 bits per heavy atom. The molecule has 4 aromatic rings. The van der Waals surface area contributed by atoms with E-state index in [0.717, 1.165) is 41.4 Å². The fourth-order valence-electron chi connectivity index (χ4n) is 4.94. The summed E-state index contributed by atoms with van der Waals surface area (Å²) in [4.78, 5) is 36.0. The quantitative estimate of drug-likeness (QED) is 0.137. The SMILES string of the molecule is CCC(=O)CCCCC[C@H](NC(=O)Cc1c(C)[nH]c2ccc(OC)cc12)c1ncc(-c2cccc(OC(F)(F)F)c2)[nH]1. The van der Waals surface area contributed by atoms with E-state index in [2.05, 4.69) is 25.0 Å². The summed E-state index contributed by atoms with van der Waals surface area (Å²) < 4.78 is 47.6. The molecule has 0 radical (unpaired) electrons. The van der Waals surface area contributed by atoms with Gasteiger partial charge in [0, 0.05) is 35.0 Å². The first kappa shape index (κ1) is 30.7. The number of fused-ring (bicyclic) bond motifs is 1. The molecular formula is C31H35F3N4O4. The molecule has 42 heavy (non-hydrogen) atoms. The normalized spacial score (nSPS) is 12.3. The van der Waals surface area contributed by atoms with Crippen LogP contribution >= 0.6 is 0 Å². The number of H-pyrrole nitrogens is 2. The molecule has 4 rings (SSSR count). The van der Waals surface area contributed by atoms with Crippen LogP contribution in [0.4, 0.5) is 13.2 Å². The van der Waals surface area contributed by atoms with Crippen molar-refractivity contribution in [3.63, 3.8) is 0 Å².